The van der Waals surface area contributed by atoms with Crippen LogP contribution >= 0.6 is 0 Å². The van der Waals surface area contributed by atoms with Crippen LogP contribution in [0.4, 0.5) is 4.70 Å². The average Bonchev–Trinajstić information content (AvgIpc) is 0. The Labute approximate surface area is 123 Å². The van der Waals surface area contributed by atoms with E-state index in [0.29, 0.717) is 0 Å². The van der Waals surface area contributed by atoms with Crippen molar-refractivity contribution < 1.29 is 77.6 Å². The molecule has 1 radical (unpaired) electrons. The largest absolute Gasteiger partial charge is 3.00 e. The molecule has 0 unspecified atom stereocenters. The van der Waals surface area contributed by atoms with Gasteiger partial charge in [-0.25, -0.2) is 0 Å². The predicted octanol–water partition coefficient (Wildman–Crippen LogP) is -14.9. The summed E-state index contributed by atoms with van der Waals surface area (Å²) >= 11 is 0. The van der Waals surface area contributed by atoms with Crippen molar-refractivity contribution in [2.75, 3.05) is 0 Å². The molecule has 0 aromatic carbocycles. The first-order valence-electron chi connectivity index (χ1n) is 0. The van der Waals surface area contributed by atoms with Crippen LogP contribution in [0.25, 0.3) is 0 Å². The molecule has 0 amide bonds. The summed E-state index contributed by atoms with van der Waals surface area (Å²) in [6.45, 7) is 0. The molecule has 0 aromatic heterocycles. The number of rotatable bonds is 0. The van der Waals surface area contributed by atoms with Crippen molar-refractivity contribution >= 4 is 48.9 Å². The van der Waals surface area contributed by atoms with Crippen molar-refractivity contribution in [3.8, 4) is 0 Å². The smallest absolute Gasteiger partial charge is 1.00 e. The molecule has 8 heavy (non-hydrogen) atoms. The summed E-state index contributed by atoms with van der Waals surface area (Å²) in [7, 11) is 0. The second-order valence-electron chi connectivity index (χ2n) is 0. The maximum atomic E-state index is 0. The van der Waals surface area contributed by atoms with Crippen LogP contribution in [-0.2, 0) is 0 Å². The van der Waals surface area contributed by atoms with E-state index in [9.17, 15) is 0 Å². The predicted molar refractivity (Wildman–Crippen MR) is 6.86 cm³/mol. The zero-order valence-corrected chi connectivity index (χ0v) is 10.2. The van der Waals surface area contributed by atoms with Gasteiger partial charge in [0.05, 0.1) is 0 Å². The molecular weight excluding hydrogens is 403 g/mol. The van der Waals surface area contributed by atoms with E-state index in [1.807, 2.05) is 0 Å². The Hall–Kier alpha value is 2.74. The van der Waals surface area contributed by atoms with Crippen molar-refractivity contribution in [2.24, 2.45) is 0 Å². The molecule has 0 aromatic rings. The number of hydrogen-bond acceptors (Lipinski definition) is 0. The van der Waals surface area contributed by atoms with Gasteiger partial charge < -0.3 is 23.5 Å². The summed E-state index contributed by atoms with van der Waals surface area (Å²) in [5.74, 6) is 0. The van der Waals surface area contributed by atoms with E-state index in [0.717, 1.165) is 0 Å². The van der Waals surface area contributed by atoms with Crippen LogP contribution in [0.2, 0.25) is 0 Å². The molecule has 8 heteroatoms. The van der Waals surface area contributed by atoms with Gasteiger partial charge in [0.25, 0.3) is 0 Å². The first-order chi connectivity index (χ1) is 0. The van der Waals surface area contributed by atoms with Gasteiger partial charge in [0.15, 0.2) is 0 Å². The van der Waals surface area contributed by atoms with Gasteiger partial charge >= 0.3 is 98.3 Å². The van der Waals surface area contributed by atoms with Crippen molar-refractivity contribution in [3.05, 3.63) is 0 Å². The molecule has 0 saturated carbocycles. The molecular formula is BaEuF6. The summed E-state index contributed by atoms with van der Waals surface area (Å²) in [6.07, 6.45) is 0. The summed E-state index contributed by atoms with van der Waals surface area (Å²) in [4.78, 5) is 0. The van der Waals surface area contributed by atoms with Crippen molar-refractivity contribution in [1.82, 2.24) is 0 Å². The van der Waals surface area contributed by atoms with Crippen molar-refractivity contribution in [2.45, 2.75) is 0 Å². The number of halogens is 6. The van der Waals surface area contributed by atoms with Crippen LogP contribution in [-0.4, -0.2) is 48.9 Å². The third kappa shape index (κ3) is 69.8. The fourth-order valence-electron chi connectivity index (χ4n) is 0. The van der Waals surface area contributed by atoms with E-state index in [2.05, 4.69) is 0 Å². The Kier molecular flexibility index (Phi) is 1690. The Bertz CT molecular complexity index is 8.49. The average molecular weight is 403 g/mol. The maximum Gasteiger partial charge on any atom is 3.00 e. The SMILES string of the molecule is [Ba+2].[Eu+3].[F-].[F-].[F-].[F-].[F-].[F]. The molecule has 0 bridgehead atoms. The van der Waals surface area contributed by atoms with E-state index in [4.69, 9.17) is 0 Å². The minimum atomic E-state index is 0. The van der Waals surface area contributed by atoms with Crippen LogP contribution in [0.3, 0.4) is 0 Å². The molecule has 0 heterocycles. The molecule has 0 rings (SSSR count). The van der Waals surface area contributed by atoms with Gasteiger partial charge in [0.1, 0.15) is 0 Å². The topological polar surface area (TPSA) is 0 Å². The van der Waals surface area contributed by atoms with Crippen LogP contribution in [0.5, 0.6) is 0 Å². The Morgan fingerprint density at radius 1 is 0.500 bits per heavy atom. The molecule has 0 fully saturated rings. The Morgan fingerprint density at radius 2 is 0.500 bits per heavy atom. The second kappa shape index (κ2) is 99.3. The summed E-state index contributed by atoms with van der Waals surface area (Å²) < 4.78 is 0. The molecule has 0 aliphatic heterocycles. The second-order valence-corrected chi connectivity index (χ2v) is 0. The zero-order valence-electron chi connectivity index (χ0n) is 3.35. The van der Waals surface area contributed by atoms with E-state index < -0.39 is 0 Å². The van der Waals surface area contributed by atoms with Gasteiger partial charge in [-0.15, -0.1) is 0 Å². The van der Waals surface area contributed by atoms with E-state index in [1.54, 1.807) is 0 Å². The van der Waals surface area contributed by atoms with E-state index in [-0.39, 0.29) is 126 Å². The summed E-state index contributed by atoms with van der Waals surface area (Å²) in [5, 5.41) is 0. The normalized spacial score (nSPS) is 0. The molecule has 0 aliphatic rings. The van der Waals surface area contributed by atoms with Crippen LogP contribution in [0.1, 0.15) is 0 Å². The monoisotopic (exact) mass is 405 g/mol. The Balaban J connectivity index is 0. The number of hydrogen-bond donors (Lipinski definition) is 0. The van der Waals surface area contributed by atoms with Gasteiger partial charge in [0.2, 0.25) is 0 Å². The molecule has 0 saturated heterocycles. The standard InChI is InChI=1S/Ba.Eu.5FH.F/h;;5*1H;/q+2;+3;;;;;;/p-5. The van der Waals surface area contributed by atoms with Crippen LogP contribution in [0, 0.1) is 49.4 Å². The molecule has 51 valence electrons. The minimum absolute atomic E-state index is 0. The van der Waals surface area contributed by atoms with E-state index >= 15 is 0 Å². The van der Waals surface area contributed by atoms with Gasteiger partial charge in [-0.2, -0.15) is 0 Å². The maximum absolute atomic E-state index is 0. The third-order valence-electron chi connectivity index (χ3n) is 0. The molecule has 0 spiro atoms. The van der Waals surface area contributed by atoms with Crippen LogP contribution in [0.15, 0.2) is 0 Å². The third-order valence-corrected chi connectivity index (χ3v) is 0. The summed E-state index contributed by atoms with van der Waals surface area (Å²) in [6, 6.07) is 0. The molecule has 0 N–H and O–H groups in total. The molecule has 0 nitrogen and oxygen atoms in total. The quantitative estimate of drug-likeness (QED) is 0.279. The first kappa shape index (κ1) is 136. The molecule has 0 atom stereocenters. The van der Waals surface area contributed by atoms with Crippen LogP contribution < -0.4 is 23.5 Å². The van der Waals surface area contributed by atoms with Crippen molar-refractivity contribution in [1.29, 1.82) is 0 Å². The van der Waals surface area contributed by atoms with Crippen molar-refractivity contribution in [3.63, 3.8) is 0 Å². The minimum Gasteiger partial charge on any atom is -1.00 e. The Morgan fingerprint density at radius 3 is 0.500 bits per heavy atom. The fraction of sp³-hybridized carbons (Fsp3) is 0. The van der Waals surface area contributed by atoms with Gasteiger partial charge in [-0.1, -0.05) is 0 Å². The van der Waals surface area contributed by atoms with Gasteiger partial charge in [-0.05, 0) is 0 Å². The summed E-state index contributed by atoms with van der Waals surface area (Å²) in [5.41, 5.74) is 0. The molecule has 0 aliphatic carbocycles. The first-order valence-corrected chi connectivity index (χ1v) is 0. The van der Waals surface area contributed by atoms with Gasteiger partial charge in [-0.3, -0.25) is 0 Å². The fourth-order valence-corrected chi connectivity index (χ4v) is 0. The van der Waals surface area contributed by atoms with Gasteiger partial charge in [0, 0.05) is 4.70 Å². The zero-order chi connectivity index (χ0) is 0. The van der Waals surface area contributed by atoms with E-state index in [1.165, 1.54) is 0 Å².